The second kappa shape index (κ2) is 9.57. The largest absolute Gasteiger partial charge is 0.493 e. The first-order chi connectivity index (χ1) is 14.9. The molecule has 0 atom stereocenters. The number of esters is 1. The van der Waals surface area contributed by atoms with Gasteiger partial charge in [-0.15, -0.1) is 0 Å². The fourth-order valence-electron chi connectivity index (χ4n) is 2.75. The van der Waals surface area contributed by atoms with E-state index in [0.717, 1.165) is 11.1 Å². The van der Waals surface area contributed by atoms with E-state index in [1.807, 2.05) is 31.2 Å². The number of methoxy groups -OCH3 is 2. The number of ether oxygens (including phenoxy) is 3. The van der Waals surface area contributed by atoms with Crippen LogP contribution in [-0.4, -0.2) is 42.5 Å². The van der Waals surface area contributed by atoms with Crippen molar-refractivity contribution in [2.24, 2.45) is 5.10 Å². The number of amides is 1. The molecule has 0 saturated carbocycles. The molecule has 0 aliphatic carbocycles. The average molecular weight is 422 g/mol. The summed E-state index contributed by atoms with van der Waals surface area (Å²) in [5.41, 5.74) is 5.97. The molecule has 0 aliphatic rings. The van der Waals surface area contributed by atoms with Crippen LogP contribution in [0.5, 0.6) is 17.2 Å². The van der Waals surface area contributed by atoms with Crippen LogP contribution in [0.3, 0.4) is 0 Å². The Morgan fingerprint density at radius 3 is 2.29 bits per heavy atom. The van der Waals surface area contributed by atoms with Gasteiger partial charge in [0, 0.05) is 18.1 Å². The maximum Gasteiger partial charge on any atom is 0.308 e. The molecule has 2 N–H and O–H groups in total. The van der Waals surface area contributed by atoms with Gasteiger partial charge in [0.1, 0.15) is 5.69 Å². The average Bonchev–Trinajstić information content (AvgIpc) is 3.25. The zero-order chi connectivity index (χ0) is 22.4. The first-order valence-electron chi connectivity index (χ1n) is 9.31. The van der Waals surface area contributed by atoms with Crippen LogP contribution < -0.4 is 19.6 Å². The van der Waals surface area contributed by atoms with Crippen molar-refractivity contribution in [3.63, 3.8) is 0 Å². The molecule has 9 nitrogen and oxygen atoms in total. The van der Waals surface area contributed by atoms with Gasteiger partial charge in [0.05, 0.1) is 26.1 Å². The van der Waals surface area contributed by atoms with E-state index < -0.39 is 11.9 Å². The predicted molar refractivity (Wildman–Crippen MR) is 115 cm³/mol. The number of rotatable bonds is 7. The first-order valence-corrected chi connectivity index (χ1v) is 9.31. The minimum atomic E-state index is -0.505. The maximum absolute atomic E-state index is 12.4. The number of H-pyrrole nitrogens is 1. The number of benzene rings is 2. The number of hydrogen-bond donors (Lipinski definition) is 2. The number of nitrogens with zero attached hydrogens (tertiary/aromatic N) is 2. The standard InChI is InChI=1S/C22H22N4O5/c1-13-5-7-16(8-6-13)17-11-18(25-24-17)22(28)26-23-12-15-9-19(29-3)21(31-14(2)27)20(10-15)30-4/h5-12H,1-4H3,(H,24,25)(H,26,28)/b23-12+. The molecule has 3 aromatic rings. The SMILES string of the molecule is COc1cc(/C=N/NC(=O)c2cc(-c3ccc(C)cc3)n[nH]2)cc(OC)c1OC(C)=O. The van der Waals surface area contributed by atoms with E-state index in [9.17, 15) is 9.59 Å². The third kappa shape index (κ3) is 5.27. The topological polar surface area (TPSA) is 115 Å². The van der Waals surface area contributed by atoms with Gasteiger partial charge in [0.15, 0.2) is 11.5 Å². The van der Waals surface area contributed by atoms with E-state index in [0.29, 0.717) is 22.8 Å². The summed E-state index contributed by atoms with van der Waals surface area (Å²) < 4.78 is 15.7. The summed E-state index contributed by atoms with van der Waals surface area (Å²) >= 11 is 0. The van der Waals surface area contributed by atoms with Crippen molar-refractivity contribution in [2.45, 2.75) is 13.8 Å². The Kier molecular flexibility index (Phi) is 6.66. The van der Waals surface area contributed by atoms with E-state index in [4.69, 9.17) is 14.2 Å². The number of aromatic nitrogens is 2. The summed E-state index contributed by atoms with van der Waals surface area (Å²) in [5.74, 6) is -0.204. The molecule has 3 rings (SSSR count). The second-order valence-corrected chi connectivity index (χ2v) is 6.58. The van der Waals surface area contributed by atoms with Crippen molar-refractivity contribution < 1.29 is 23.8 Å². The Bertz CT molecular complexity index is 1090. The zero-order valence-corrected chi connectivity index (χ0v) is 17.6. The molecule has 9 heteroatoms. The molecule has 0 radical (unpaired) electrons. The molecule has 0 spiro atoms. The van der Waals surface area contributed by atoms with E-state index >= 15 is 0 Å². The summed E-state index contributed by atoms with van der Waals surface area (Å²) in [4.78, 5) is 23.7. The van der Waals surface area contributed by atoms with Gasteiger partial charge in [0.2, 0.25) is 5.75 Å². The highest BCUT2D eigenvalue weighted by Crippen LogP contribution is 2.38. The number of nitrogens with one attached hydrogen (secondary N) is 2. The Morgan fingerprint density at radius 2 is 1.71 bits per heavy atom. The summed E-state index contributed by atoms with van der Waals surface area (Å²) in [6.45, 7) is 3.28. The monoisotopic (exact) mass is 422 g/mol. The molecule has 1 heterocycles. The van der Waals surface area contributed by atoms with Gasteiger partial charge in [-0.3, -0.25) is 14.7 Å². The van der Waals surface area contributed by atoms with Crippen molar-refractivity contribution in [2.75, 3.05) is 14.2 Å². The Labute approximate surface area is 179 Å². The predicted octanol–water partition coefficient (Wildman–Crippen LogP) is 3.09. The number of hydrazone groups is 1. The molecule has 0 bridgehead atoms. The van der Waals surface area contributed by atoms with E-state index in [1.54, 1.807) is 18.2 Å². The maximum atomic E-state index is 12.4. The molecular formula is C22H22N4O5. The second-order valence-electron chi connectivity index (χ2n) is 6.58. The number of aryl methyl sites for hydroxylation is 1. The van der Waals surface area contributed by atoms with Crippen LogP contribution in [-0.2, 0) is 4.79 Å². The van der Waals surface area contributed by atoms with Gasteiger partial charge < -0.3 is 14.2 Å². The van der Waals surface area contributed by atoms with Gasteiger partial charge in [-0.1, -0.05) is 29.8 Å². The van der Waals surface area contributed by atoms with E-state index in [2.05, 4.69) is 20.7 Å². The molecule has 0 aliphatic heterocycles. The Morgan fingerprint density at radius 1 is 1.06 bits per heavy atom. The lowest BCUT2D eigenvalue weighted by Crippen LogP contribution is -2.18. The van der Waals surface area contributed by atoms with Crippen molar-refractivity contribution in [1.82, 2.24) is 15.6 Å². The summed E-state index contributed by atoms with van der Waals surface area (Å²) in [5, 5.41) is 10.8. The van der Waals surface area contributed by atoms with Crippen molar-refractivity contribution in [3.8, 4) is 28.5 Å². The van der Waals surface area contributed by atoms with Crippen LogP contribution in [0.15, 0.2) is 47.6 Å². The number of aromatic amines is 1. The molecular weight excluding hydrogens is 400 g/mol. The summed E-state index contributed by atoms with van der Waals surface area (Å²) in [6, 6.07) is 12.7. The van der Waals surface area contributed by atoms with Crippen molar-refractivity contribution in [3.05, 3.63) is 59.3 Å². The fourth-order valence-corrected chi connectivity index (χ4v) is 2.75. The fraction of sp³-hybridized carbons (Fsp3) is 0.182. The molecule has 0 saturated heterocycles. The number of carbonyl (C=O) groups is 2. The van der Waals surface area contributed by atoms with Gasteiger partial charge in [0.25, 0.3) is 5.91 Å². The third-order valence-electron chi connectivity index (χ3n) is 4.28. The highest BCUT2D eigenvalue weighted by molar-refractivity contribution is 5.94. The minimum absolute atomic E-state index is 0.166. The normalized spacial score (nSPS) is 10.7. The molecule has 0 unspecified atom stereocenters. The Hall–Kier alpha value is -4.14. The van der Waals surface area contributed by atoms with Crippen molar-refractivity contribution >= 4 is 18.1 Å². The first kappa shape index (κ1) is 21.6. The lowest BCUT2D eigenvalue weighted by molar-refractivity contribution is -0.132. The van der Waals surface area contributed by atoms with Crippen molar-refractivity contribution in [1.29, 1.82) is 0 Å². The molecule has 0 fully saturated rings. The smallest absolute Gasteiger partial charge is 0.308 e. The summed E-state index contributed by atoms with van der Waals surface area (Å²) in [7, 11) is 2.88. The zero-order valence-electron chi connectivity index (χ0n) is 17.6. The molecule has 1 amide bonds. The third-order valence-corrected chi connectivity index (χ3v) is 4.28. The molecule has 31 heavy (non-hydrogen) atoms. The van der Waals surface area contributed by atoms with Gasteiger partial charge in [-0.05, 0) is 25.1 Å². The Balaban J connectivity index is 1.72. The molecule has 1 aromatic heterocycles. The van der Waals surface area contributed by atoms with Crippen LogP contribution in [0.4, 0.5) is 0 Å². The van der Waals surface area contributed by atoms with E-state index in [1.165, 1.54) is 27.4 Å². The van der Waals surface area contributed by atoms with Crippen LogP contribution in [0.25, 0.3) is 11.3 Å². The number of carbonyl (C=O) groups excluding carboxylic acids is 2. The lowest BCUT2D eigenvalue weighted by atomic mass is 10.1. The van der Waals surface area contributed by atoms with Crippen LogP contribution in [0, 0.1) is 6.92 Å². The van der Waals surface area contributed by atoms with Crippen LogP contribution in [0.1, 0.15) is 28.5 Å². The lowest BCUT2D eigenvalue weighted by Gasteiger charge is -2.13. The molecule has 2 aromatic carbocycles. The highest BCUT2D eigenvalue weighted by Gasteiger charge is 2.16. The molecule has 160 valence electrons. The summed E-state index contributed by atoms with van der Waals surface area (Å²) in [6.07, 6.45) is 1.41. The highest BCUT2D eigenvalue weighted by atomic mass is 16.6. The van der Waals surface area contributed by atoms with Gasteiger partial charge >= 0.3 is 5.97 Å². The van der Waals surface area contributed by atoms with Crippen LogP contribution in [0.2, 0.25) is 0 Å². The number of hydrogen-bond acceptors (Lipinski definition) is 7. The van der Waals surface area contributed by atoms with Crippen LogP contribution >= 0.6 is 0 Å². The van der Waals surface area contributed by atoms with Gasteiger partial charge in [-0.2, -0.15) is 10.2 Å². The van der Waals surface area contributed by atoms with E-state index in [-0.39, 0.29) is 11.4 Å². The van der Waals surface area contributed by atoms with Gasteiger partial charge in [-0.25, -0.2) is 5.43 Å². The minimum Gasteiger partial charge on any atom is -0.493 e. The quantitative estimate of drug-likeness (QED) is 0.262.